The first-order valence-corrected chi connectivity index (χ1v) is 10.5. The lowest BCUT2D eigenvalue weighted by Crippen LogP contribution is -2.12. The van der Waals surface area contributed by atoms with E-state index in [9.17, 15) is 4.79 Å². The molecule has 0 atom stereocenters. The van der Waals surface area contributed by atoms with Gasteiger partial charge >= 0.3 is 0 Å². The molecule has 0 radical (unpaired) electrons. The van der Waals surface area contributed by atoms with Crippen LogP contribution in [0.2, 0.25) is 10.0 Å². The Hall–Kier alpha value is -2.02. The number of anilines is 1. The maximum absolute atomic E-state index is 12.6. The molecule has 0 aliphatic rings. The lowest BCUT2D eigenvalue weighted by molar-refractivity contribution is 0.102. The molecular weight excluding hydrogens is 419 g/mol. The number of ether oxygens (including phenoxy) is 2. The SMILES string of the molecule is CCCCCOc1c(Cl)cc(C(=O)Nc2nc3ccc(OC)cc3s2)cc1Cl. The Morgan fingerprint density at radius 2 is 1.93 bits per heavy atom. The number of halogens is 2. The van der Waals surface area contributed by atoms with Crippen molar-refractivity contribution in [2.45, 2.75) is 26.2 Å². The molecule has 1 amide bonds. The van der Waals surface area contributed by atoms with Gasteiger partial charge in [-0.15, -0.1) is 0 Å². The second-order valence-electron chi connectivity index (χ2n) is 6.13. The van der Waals surface area contributed by atoms with Crippen LogP contribution in [0.5, 0.6) is 11.5 Å². The summed E-state index contributed by atoms with van der Waals surface area (Å²) in [6, 6.07) is 8.65. The Morgan fingerprint density at radius 1 is 1.18 bits per heavy atom. The number of carbonyl (C=O) groups excluding carboxylic acids is 1. The van der Waals surface area contributed by atoms with Crippen LogP contribution in [0.3, 0.4) is 0 Å². The maximum atomic E-state index is 12.6. The Bertz CT molecular complexity index is 968. The monoisotopic (exact) mass is 438 g/mol. The summed E-state index contributed by atoms with van der Waals surface area (Å²) >= 11 is 13.9. The van der Waals surface area contributed by atoms with Gasteiger partial charge < -0.3 is 9.47 Å². The van der Waals surface area contributed by atoms with Crippen LogP contribution in [-0.4, -0.2) is 24.6 Å². The number of methoxy groups -OCH3 is 1. The fourth-order valence-corrected chi connectivity index (χ4v) is 4.10. The van der Waals surface area contributed by atoms with Crippen LogP contribution < -0.4 is 14.8 Å². The van der Waals surface area contributed by atoms with E-state index in [0.717, 1.165) is 35.2 Å². The van der Waals surface area contributed by atoms with Crippen LogP contribution in [0.1, 0.15) is 36.5 Å². The van der Waals surface area contributed by atoms with E-state index < -0.39 is 0 Å². The standard InChI is InChI=1S/C20H20Cl2N2O3S/c1-3-4-5-8-27-18-14(21)9-12(10-15(18)22)19(25)24-20-23-16-7-6-13(26-2)11-17(16)28-20/h6-7,9-11H,3-5,8H2,1-2H3,(H,23,24,25). The van der Waals surface area contributed by atoms with Gasteiger partial charge in [-0.2, -0.15) is 0 Å². The molecule has 0 spiro atoms. The summed E-state index contributed by atoms with van der Waals surface area (Å²) in [5.41, 5.74) is 1.13. The molecule has 1 heterocycles. The number of hydrogen-bond donors (Lipinski definition) is 1. The number of nitrogens with zero attached hydrogens (tertiary/aromatic N) is 1. The molecule has 5 nitrogen and oxygen atoms in total. The Morgan fingerprint density at radius 3 is 2.61 bits per heavy atom. The number of rotatable bonds is 8. The lowest BCUT2D eigenvalue weighted by atomic mass is 10.2. The van der Waals surface area contributed by atoms with E-state index in [0.29, 0.717) is 33.1 Å². The molecule has 0 aliphatic heterocycles. The van der Waals surface area contributed by atoms with Gasteiger partial charge in [-0.05, 0) is 36.8 Å². The fraction of sp³-hybridized carbons (Fsp3) is 0.300. The number of unbranched alkanes of at least 4 members (excludes halogenated alkanes) is 2. The lowest BCUT2D eigenvalue weighted by Gasteiger charge is -2.11. The van der Waals surface area contributed by atoms with E-state index in [1.807, 2.05) is 18.2 Å². The van der Waals surface area contributed by atoms with Crippen LogP contribution in [0.4, 0.5) is 5.13 Å². The van der Waals surface area contributed by atoms with Crippen molar-refractivity contribution in [3.8, 4) is 11.5 Å². The van der Waals surface area contributed by atoms with Gasteiger partial charge in [0, 0.05) is 5.56 Å². The van der Waals surface area contributed by atoms with Crippen molar-refractivity contribution in [2.24, 2.45) is 0 Å². The fourth-order valence-electron chi connectivity index (χ4n) is 2.61. The molecular formula is C20H20Cl2N2O3S. The van der Waals surface area contributed by atoms with Crippen molar-refractivity contribution < 1.29 is 14.3 Å². The van der Waals surface area contributed by atoms with Crippen LogP contribution in [0.25, 0.3) is 10.2 Å². The summed E-state index contributed by atoms with van der Waals surface area (Å²) in [5, 5.41) is 3.89. The van der Waals surface area contributed by atoms with E-state index in [1.54, 1.807) is 19.2 Å². The zero-order chi connectivity index (χ0) is 20.1. The van der Waals surface area contributed by atoms with Crippen molar-refractivity contribution in [3.05, 3.63) is 45.9 Å². The zero-order valence-corrected chi connectivity index (χ0v) is 17.9. The number of nitrogens with one attached hydrogen (secondary N) is 1. The van der Waals surface area contributed by atoms with E-state index in [2.05, 4.69) is 17.2 Å². The van der Waals surface area contributed by atoms with Gasteiger partial charge in [-0.3, -0.25) is 10.1 Å². The van der Waals surface area contributed by atoms with Crippen molar-refractivity contribution in [1.29, 1.82) is 0 Å². The highest BCUT2D eigenvalue weighted by Gasteiger charge is 2.16. The largest absolute Gasteiger partial charge is 0.497 e. The number of carbonyl (C=O) groups is 1. The molecule has 2 aromatic carbocycles. The molecule has 0 aliphatic carbocycles. The van der Waals surface area contributed by atoms with Crippen LogP contribution in [-0.2, 0) is 0 Å². The number of hydrogen-bond acceptors (Lipinski definition) is 5. The van der Waals surface area contributed by atoms with Crippen molar-refractivity contribution in [2.75, 3.05) is 19.0 Å². The molecule has 0 saturated carbocycles. The molecule has 8 heteroatoms. The minimum Gasteiger partial charge on any atom is -0.497 e. The van der Waals surface area contributed by atoms with E-state index >= 15 is 0 Å². The second-order valence-corrected chi connectivity index (χ2v) is 7.98. The van der Waals surface area contributed by atoms with Crippen LogP contribution in [0, 0.1) is 0 Å². The predicted molar refractivity (Wildman–Crippen MR) is 116 cm³/mol. The average molecular weight is 439 g/mol. The zero-order valence-electron chi connectivity index (χ0n) is 15.6. The molecule has 28 heavy (non-hydrogen) atoms. The first kappa shape index (κ1) is 20.7. The van der Waals surface area contributed by atoms with Crippen LogP contribution >= 0.6 is 34.5 Å². The molecule has 3 rings (SSSR count). The first-order valence-electron chi connectivity index (χ1n) is 8.89. The third kappa shape index (κ3) is 4.87. The number of fused-ring (bicyclic) bond motifs is 1. The molecule has 0 fully saturated rings. The predicted octanol–water partition coefficient (Wildman–Crippen LogP) is 6.43. The average Bonchev–Trinajstić information content (AvgIpc) is 3.07. The summed E-state index contributed by atoms with van der Waals surface area (Å²) in [4.78, 5) is 17.0. The quantitative estimate of drug-likeness (QED) is 0.411. The van der Waals surface area contributed by atoms with Gasteiger partial charge in [0.05, 0.1) is 34.0 Å². The van der Waals surface area contributed by atoms with E-state index in [4.69, 9.17) is 32.7 Å². The third-order valence-corrected chi connectivity index (χ3v) is 5.57. The number of thiazole rings is 1. The summed E-state index contributed by atoms with van der Waals surface area (Å²) in [6.07, 6.45) is 3.10. The first-order chi connectivity index (χ1) is 13.5. The Balaban J connectivity index is 1.73. The Kier molecular flexibility index (Phi) is 6.99. The van der Waals surface area contributed by atoms with Gasteiger partial charge in [0.1, 0.15) is 5.75 Å². The minimum absolute atomic E-state index is 0.309. The molecule has 148 valence electrons. The van der Waals surface area contributed by atoms with E-state index in [-0.39, 0.29) is 5.91 Å². The Labute approximate surface area is 177 Å². The smallest absolute Gasteiger partial charge is 0.257 e. The summed E-state index contributed by atoms with van der Waals surface area (Å²) in [5.74, 6) is 0.803. The minimum atomic E-state index is -0.340. The molecule has 1 N–H and O–H groups in total. The van der Waals surface area contributed by atoms with Crippen LogP contribution in [0.15, 0.2) is 30.3 Å². The van der Waals surface area contributed by atoms with Gasteiger partial charge in [0.15, 0.2) is 10.9 Å². The van der Waals surface area contributed by atoms with Gasteiger partial charge in [-0.1, -0.05) is 54.3 Å². The number of benzene rings is 2. The molecule has 0 saturated heterocycles. The highest BCUT2D eigenvalue weighted by Crippen LogP contribution is 2.35. The highest BCUT2D eigenvalue weighted by molar-refractivity contribution is 7.22. The van der Waals surface area contributed by atoms with E-state index in [1.165, 1.54) is 11.3 Å². The maximum Gasteiger partial charge on any atom is 0.257 e. The third-order valence-electron chi connectivity index (χ3n) is 4.07. The van der Waals surface area contributed by atoms with Gasteiger partial charge in [0.2, 0.25) is 0 Å². The molecule has 0 bridgehead atoms. The van der Waals surface area contributed by atoms with Gasteiger partial charge in [-0.25, -0.2) is 4.98 Å². The molecule has 1 aromatic heterocycles. The number of amides is 1. The summed E-state index contributed by atoms with van der Waals surface area (Å²) < 4.78 is 11.8. The summed E-state index contributed by atoms with van der Waals surface area (Å²) in [7, 11) is 1.61. The summed E-state index contributed by atoms with van der Waals surface area (Å²) in [6.45, 7) is 2.66. The van der Waals surface area contributed by atoms with Crippen molar-refractivity contribution in [3.63, 3.8) is 0 Å². The normalized spacial score (nSPS) is 10.9. The van der Waals surface area contributed by atoms with Gasteiger partial charge in [0.25, 0.3) is 5.91 Å². The van der Waals surface area contributed by atoms with Crippen molar-refractivity contribution in [1.82, 2.24) is 4.98 Å². The molecule has 3 aromatic rings. The molecule has 0 unspecified atom stereocenters. The topological polar surface area (TPSA) is 60.5 Å². The van der Waals surface area contributed by atoms with Crippen molar-refractivity contribution >= 4 is 55.8 Å². The number of aromatic nitrogens is 1. The highest BCUT2D eigenvalue weighted by atomic mass is 35.5. The second kappa shape index (κ2) is 9.45.